The topological polar surface area (TPSA) is 227 Å². The van der Waals surface area contributed by atoms with Crippen LogP contribution in [0.25, 0.3) is 0 Å². The van der Waals surface area contributed by atoms with Crippen molar-refractivity contribution in [3.05, 3.63) is 307 Å². The lowest BCUT2D eigenvalue weighted by atomic mass is 9.89. The van der Waals surface area contributed by atoms with Crippen molar-refractivity contribution in [3.8, 4) is 6.07 Å². The molecule has 5 aliphatic heterocycles. The number of fused-ring (bicyclic) bond motifs is 5. The first-order chi connectivity index (χ1) is 55.9. The van der Waals surface area contributed by atoms with E-state index in [9.17, 15) is 46.0 Å². The van der Waals surface area contributed by atoms with E-state index in [-0.39, 0.29) is 80.0 Å². The summed E-state index contributed by atoms with van der Waals surface area (Å²) in [5.41, 5.74) is 23.4. The summed E-state index contributed by atoms with van der Waals surface area (Å²) < 4.78 is 59.5. The van der Waals surface area contributed by atoms with E-state index in [0.717, 1.165) is 64.4 Å². The molecule has 9 aromatic carbocycles. The fraction of sp³-hybridized carbons (Fsp3) is 0.318. The zero-order chi connectivity index (χ0) is 86.2. The number of aliphatic carboxylic acids is 1. The molecule has 16 nitrogen and oxygen atoms in total. The molecule has 0 aliphatic carbocycles. The van der Waals surface area contributed by atoms with Gasteiger partial charge in [0.05, 0.1) is 67.7 Å². The molecule has 624 valence electrons. The van der Waals surface area contributed by atoms with E-state index in [1.165, 1.54) is 43.4 Å². The van der Waals surface area contributed by atoms with Crippen LogP contribution < -0.4 is 15.8 Å². The van der Waals surface area contributed by atoms with E-state index in [4.69, 9.17) is 108 Å². The number of halogens is 13. The molecule has 0 saturated heterocycles. The fourth-order valence-electron chi connectivity index (χ4n) is 15.2. The van der Waals surface area contributed by atoms with Crippen LogP contribution in [0.5, 0.6) is 0 Å². The lowest BCUT2D eigenvalue weighted by Gasteiger charge is -2.36. The Morgan fingerprint density at radius 1 is 0.466 bits per heavy atom. The van der Waals surface area contributed by atoms with Crippen molar-refractivity contribution in [1.29, 1.82) is 5.26 Å². The highest BCUT2D eigenvalue weighted by atomic mass is 79.9. The van der Waals surface area contributed by atoms with E-state index < -0.39 is 22.2 Å². The van der Waals surface area contributed by atoms with Gasteiger partial charge < -0.3 is 35.8 Å². The van der Waals surface area contributed by atoms with Crippen LogP contribution in [-0.2, 0) is 105 Å². The molecule has 5 heterocycles. The first kappa shape index (κ1) is 94.6. The van der Waals surface area contributed by atoms with Gasteiger partial charge in [0.1, 0.15) is 0 Å². The minimum Gasteiger partial charge on any atom is -0.475 e. The van der Waals surface area contributed by atoms with Gasteiger partial charge in [-0.25, -0.2) is 17.9 Å². The molecule has 0 spiro atoms. The predicted molar refractivity (Wildman–Crippen MR) is 472 cm³/mol. The van der Waals surface area contributed by atoms with Crippen LogP contribution in [0, 0.1) is 11.3 Å². The SMILES string of the molecule is CC1NCCc2c(Br)cccc21.CC1c2cccc(Br)c2CCN1C(=O)Cc1c(Cl)cccc1Cl.CC1c2cccc(C#N)c2CCN1C(=O)Cc1c(Cl)cccc1Cl.CC1c2cccc(CN)c2CCN1C(=O)Cc1c(Cl)cccc1Cl.CC1c2cccc(CNS(C)(=O)=O)c2CCN1C(=O)Cc1c(Cl)cccc1Cl.O=C(O)C(F)(F)F. The molecule has 5 unspecified atom stereocenters. The van der Waals surface area contributed by atoms with E-state index in [0.29, 0.717) is 120 Å². The number of rotatable bonds is 12. The number of carboxylic acids is 1. The van der Waals surface area contributed by atoms with Crippen LogP contribution >= 0.6 is 125 Å². The summed E-state index contributed by atoms with van der Waals surface area (Å²) in [6, 6.07) is 53.9. The quantitative estimate of drug-likeness (QED) is 0.0899. The van der Waals surface area contributed by atoms with Crippen molar-refractivity contribution in [2.75, 3.05) is 39.0 Å². The number of benzene rings is 9. The Balaban J connectivity index is 0.000000167. The lowest BCUT2D eigenvalue weighted by molar-refractivity contribution is -0.192. The molecule has 14 rings (SSSR count). The van der Waals surface area contributed by atoms with Gasteiger partial charge in [-0.3, -0.25) is 19.2 Å². The van der Waals surface area contributed by atoms with Crippen LogP contribution in [0.4, 0.5) is 13.2 Å². The van der Waals surface area contributed by atoms with Gasteiger partial charge in [0.15, 0.2) is 0 Å². The second kappa shape index (κ2) is 43.0. The number of nitrogens with one attached hydrogen (secondary N) is 2. The summed E-state index contributed by atoms with van der Waals surface area (Å²) in [5, 5.41) is 24.0. The number of nitrogens with two attached hydrogens (primary N) is 1. The summed E-state index contributed by atoms with van der Waals surface area (Å²) in [5.74, 6) is -2.70. The highest BCUT2D eigenvalue weighted by Crippen LogP contribution is 2.40. The third-order valence-electron chi connectivity index (χ3n) is 21.5. The number of nitrogens with zero attached hydrogens (tertiary/aromatic N) is 5. The number of alkyl halides is 3. The molecule has 0 radical (unpaired) electrons. The molecule has 5 N–H and O–H groups in total. The zero-order valence-electron chi connectivity index (χ0n) is 65.2. The maximum atomic E-state index is 13.0. The Bertz CT molecular complexity index is 5280. The monoisotopic (exact) mass is 1910 g/mol. The largest absolute Gasteiger partial charge is 0.490 e. The highest BCUT2D eigenvalue weighted by molar-refractivity contribution is 9.10. The molecule has 30 heteroatoms. The first-order valence-corrected chi connectivity index (χ1v) is 44.3. The summed E-state index contributed by atoms with van der Waals surface area (Å²) >= 11 is 56.7. The van der Waals surface area contributed by atoms with Gasteiger partial charge in [0.2, 0.25) is 33.7 Å². The maximum absolute atomic E-state index is 13.0. The molecule has 5 atom stereocenters. The van der Waals surface area contributed by atoms with Crippen LogP contribution in [0.15, 0.2) is 173 Å². The van der Waals surface area contributed by atoms with Crippen molar-refractivity contribution < 1.29 is 50.7 Å². The van der Waals surface area contributed by atoms with Gasteiger partial charge in [-0.2, -0.15) is 18.4 Å². The number of amides is 4. The van der Waals surface area contributed by atoms with Crippen LogP contribution in [-0.4, -0.2) is 108 Å². The normalized spacial score (nSPS) is 17.0. The van der Waals surface area contributed by atoms with E-state index >= 15 is 0 Å². The average molecular weight is 1920 g/mol. The van der Waals surface area contributed by atoms with Gasteiger partial charge in [-0.1, -0.05) is 222 Å². The average Bonchev–Trinajstić information content (AvgIpc) is 0.798. The number of carbonyl (C=O) groups excluding carboxylic acids is 4. The van der Waals surface area contributed by atoms with Gasteiger partial charge in [0, 0.05) is 94.4 Å². The predicted octanol–water partition coefficient (Wildman–Crippen LogP) is 21.2. The molecule has 0 saturated carbocycles. The Morgan fingerprint density at radius 3 is 1.08 bits per heavy atom. The number of carbonyl (C=O) groups is 5. The van der Waals surface area contributed by atoms with Crippen molar-refractivity contribution >= 4 is 164 Å². The Morgan fingerprint density at radius 2 is 0.746 bits per heavy atom. The summed E-state index contributed by atoms with van der Waals surface area (Å²) in [6.45, 7) is 14.7. The van der Waals surface area contributed by atoms with Crippen molar-refractivity contribution in [3.63, 3.8) is 0 Å². The minimum absolute atomic E-state index is 0.00879. The number of hydrogen-bond donors (Lipinski definition) is 4. The van der Waals surface area contributed by atoms with E-state index in [1.807, 2.05) is 88.0 Å². The van der Waals surface area contributed by atoms with Crippen LogP contribution in [0.3, 0.4) is 0 Å². The zero-order valence-corrected chi connectivity index (χ0v) is 75.3. The molecule has 0 bridgehead atoms. The smallest absolute Gasteiger partial charge is 0.475 e. The minimum atomic E-state index is -5.08. The number of carboxylic acid groups (broad SMARTS) is 1. The van der Waals surface area contributed by atoms with Crippen molar-refractivity contribution in [2.24, 2.45) is 5.73 Å². The summed E-state index contributed by atoms with van der Waals surface area (Å²) in [7, 11) is -3.27. The van der Waals surface area contributed by atoms with Crippen LogP contribution in [0.2, 0.25) is 40.2 Å². The molecule has 9 aromatic rings. The lowest BCUT2D eigenvalue weighted by Crippen LogP contribution is -2.40. The summed E-state index contributed by atoms with van der Waals surface area (Å²) in [4.78, 5) is 67.7. The Hall–Kier alpha value is -7.28. The second-order valence-corrected chi connectivity index (χ2v) is 35.5. The standard InChI is InChI=1S/C20H22Cl2N2O3S.C19H20Cl2N2O.C19H16Cl2N2O.C18H16BrCl2NO.C10H12BrN.C2HF3O2/c1-13-15-6-3-5-14(12-23-28(2,26)27)16(15)9-10-24(13)20(25)11-17-18(21)7-4-8-19(17)22;2*1-12-14-5-2-4-13(11-22)15(14)8-9-23(12)19(24)10-16-17(20)6-3-7-18(16)21;1-11-12-4-2-5-15(19)13(12)8-9-22(11)18(23)10-14-16(20)6-3-7-17(14)21;1-7-8-3-2-4-10(11)9(8)5-6-12-7;3-2(4,5)1(6)7/h3-8,13,23H,9-12H2,1-2H3;2-7,12H,8-11,22H2,1H3;2-7,12H,8-10H2,1H3;2-7,11H,8-10H2,1H3;2-4,7,12H,5-6H2,1H3;(H,6,7). The fourth-order valence-corrected chi connectivity index (χ4v) is 18.9. The van der Waals surface area contributed by atoms with Gasteiger partial charge in [0.25, 0.3) is 0 Å². The van der Waals surface area contributed by atoms with Gasteiger partial charge >= 0.3 is 12.1 Å². The van der Waals surface area contributed by atoms with Gasteiger partial charge in [-0.15, -0.1) is 0 Å². The van der Waals surface area contributed by atoms with E-state index in [1.54, 1.807) is 72.8 Å². The maximum Gasteiger partial charge on any atom is 0.490 e. The van der Waals surface area contributed by atoms with Crippen molar-refractivity contribution in [1.82, 2.24) is 29.6 Å². The molecule has 118 heavy (non-hydrogen) atoms. The Labute approximate surface area is 743 Å². The summed E-state index contributed by atoms with van der Waals surface area (Å²) in [6.07, 6.45) is 1.00. The molecule has 0 fully saturated rings. The highest BCUT2D eigenvalue weighted by Gasteiger charge is 2.39. The molecular weight excluding hydrogens is 1830 g/mol. The van der Waals surface area contributed by atoms with Gasteiger partial charge in [-0.05, 0) is 229 Å². The third-order valence-corrected chi connectivity index (χ3v) is 26.4. The molecule has 5 aliphatic rings. The number of hydrogen-bond acceptors (Lipinski definition) is 10. The number of nitriles is 1. The third kappa shape index (κ3) is 24.1. The Kier molecular flexibility index (Phi) is 34.4. The molecule has 4 amide bonds. The van der Waals surface area contributed by atoms with Crippen LogP contribution in [0.1, 0.15) is 159 Å². The van der Waals surface area contributed by atoms with E-state index in [2.05, 4.69) is 105 Å². The molecule has 0 aromatic heterocycles. The number of sulfonamides is 1. The molecular formula is C88H87Br2Cl8F3N8O8S. The van der Waals surface area contributed by atoms with Crippen molar-refractivity contribution in [2.45, 2.75) is 142 Å². The second-order valence-electron chi connectivity index (χ2n) is 28.7. The first-order valence-electron chi connectivity index (χ1n) is 37.8.